The lowest BCUT2D eigenvalue weighted by molar-refractivity contribution is -0.138. The lowest BCUT2D eigenvalue weighted by Crippen LogP contribution is -2.33. The van der Waals surface area contributed by atoms with Crippen LogP contribution >= 0.6 is 11.6 Å². The van der Waals surface area contributed by atoms with Gasteiger partial charge >= 0.3 is 0 Å². The van der Waals surface area contributed by atoms with Gasteiger partial charge in [-0.05, 0) is 47.9 Å². The summed E-state index contributed by atoms with van der Waals surface area (Å²) in [5.41, 5.74) is 4.06. The second-order valence-corrected chi connectivity index (χ2v) is 8.12. The molecule has 3 amide bonds. The molecule has 0 saturated heterocycles. The molecule has 0 aromatic heterocycles. The molecule has 0 saturated carbocycles. The van der Waals surface area contributed by atoms with E-state index in [9.17, 15) is 14.4 Å². The number of hydrogen-bond donors (Lipinski definition) is 2. The molecule has 3 aromatic carbocycles. The number of imide groups is 1. The lowest BCUT2D eigenvalue weighted by atomic mass is 10.1. The van der Waals surface area contributed by atoms with Crippen molar-refractivity contribution in [3.8, 4) is 0 Å². The van der Waals surface area contributed by atoms with Crippen molar-refractivity contribution in [2.75, 3.05) is 5.32 Å². The molecule has 1 aliphatic rings. The molecule has 1 heterocycles. The summed E-state index contributed by atoms with van der Waals surface area (Å²) in [6, 6.07) is 23.8. The van der Waals surface area contributed by atoms with Crippen LogP contribution in [-0.4, -0.2) is 22.6 Å². The van der Waals surface area contributed by atoms with Gasteiger partial charge in [-0.2, -0.15) is 0 Å². The Morgan fingerprint density at radius 2 is 1.61 bits per heavy atom. The zero-order valence-electron chi connectivity index (χ0n) is 18.0. The highest BCUT2D eigenvalue weighted by molar-refractivity contribution is 6.47. The van der Waals surface area contributed by atoms with E-state index in [0.717, 1.165) is 27.3 Å². The van der Waals surface area contributed by atoms with Crippen molar-refractivity contribution in [2.24, 2.45) is 0 Å². The number of benzene rings is 3. The molecule has 0 bridgehead atoms. The minimum absolute atomic E-state index is 0.0823. The number of nitrogens with one attached hydrogen (secondary N) is 2. The molecule has 6 nitrogen and oxygen atoms in total. The predicted octanol–water partition coefficient (Wildman–Crippen LogP) is 4.36. The minimum atomic E-state index is -0.517. The number of carbonyl (C=O) groups excluding carboxylic acids is 3. The van der Waals surface area contributed by atoms with Gasteiger partial charge in [-0.3, -0.25) is 19.3 Å². The molecule has 3 aromatic rings. The largest absolute Gasteiger partial charge is 0.375 e. The summed E-state index contributed by atoms with van der Waals surface area (Å²) in [5.74, 6) is -1.18. The van der Waals surface area contributed by atoms with Crippen LogP contribution in [0, 0.1) is 6.92 Å². The van der Waals surface area contributed by atoms with Gasteiger partial charge in [0, 0.05) is 17.8 Å². The second-order valence-electron chi connectivity index (χ2n) is 7.75. The first-order chi connectivity index (χ1) is 15.9. The van der Waals surface area contributed by atoms with Gasteiger partial charge in [0.25, 0.3) is 17.7 Å². The predicted molar refractivity (Wildman–Crippen MR) is 127 cm³/mol. The maximum Gasteiger partial charge on any atom is 0.278 e. The Morgan fingerprint density at radius 3 is 2.30 bits per heavy atom. The molecule has 0 aliphatic carbocycles. The van der Waals surface area contributed by atoms with Crippen LogP contribution in [-0.2, 0) is 22.7 Å². The Bertz CT molecular complexity index is 1240. The van der Waals surface area contributed by atoms with Crippen LogP contribution in [0.25, 0.3) is 0 Å². The summed E-state index contributed by atoms with van der Waals surface area (Å²) in [6.07, 6.45) is 0. The van der Waals surface area contributed by atoms with E-state index >= 15 is 0 Å². The van der Waals surface area contributed by atoms with Crippen LogP contribution in [0.4, 0.5) is 5.69 Å². The number of halogens is 1. The molecule has 0 unspecified atom stereocenters. The standard InChI is InChI=1S/C26H22ClN3O3/c1-17-6-5-9-21(14-17)29-24(31)20-12-10-18(11-13-20)15-28-23-22(27)25(32)30(26(23)33)16-19-7-3-2-4-8-19/h2-14,28H,15-16H2,1H3,(H,29,31). The zero-order chi connectivity index (χ0) is 23.4. The Morgan fingerprint density at radius 1 is 0.879 bits per heavy atom. The van der Waals surface area contributed by atoms with Gasteiger partial charge in [0.05, 0.1) is 6.54 Å². The van der Waals surface area contributed by atoms with Crippen molar-refractivity contribution in [1.29, 1.82) is 0 Å². The third-order valence-electron chi connectivity index (χ3n) is 5.26. The molecule has 0 radical (unpaired) electrons. The van der Waals surface area contributed by atoms with E-state index in [-0.39, 0.29) is 29.7 Å². The highest BCUT2D eigenvalue weighted by atomic mass is 35.5. The molecular weight excluding hydrogens is 438 g/mol. The average molecular weight is 460 g/mol. The van der Waals surface area contributed by atoms with Crippen molar-refractivity contribution in [2.45, 2.75) is 20.0 Å². The molecule has 1 aliphatic heterocycles. The van der Waals surface area contributed by atoms with Gasteiger partial charge in [-0.15, -0.1) is 0 Å². The minimum Gasteiger partial charge on any atom is -0.375 e. The molecule has 0 fully saturated rings. The first-order valence-electron chi connectivity index (χ1n) is 10.4. The number of amides is 3. The van der Waals surface area contributed by atoms with Crippen LogP contribution in [0.5, 0.6) is 0 Å². The summed E-state index contributed by atoms with van der Waals surface area (Å²) in [6.45, 7) is 2.40. The summed E-state index contributed by atoms with van der Waals surface area (Å²) in [4.78, 5) is 38.8. The molecule has 166 valence electrons. The fourth-order valence-electron chi connectivity index (χ4n) is 3.50. The Balaban J connectivity index is 1.37. The Kier molecular flexibility index (Phi) is 6.56. The van der Waals surface area contributed by atoms with Crippen molar-refractivity contribution >= 4 is 35.0 Å². The summed E-state index contributed by atoms with van der Waals surface area (Å²) >= 11 is 6.16. The van der Waals surface area contributed by atoms with Crippen LogP contribution in [0.2, 0.25) is 0 Å². The van der Waals surface area contributed by atoms with Crippen LogP contribution in [0.15, 0.2) is 89.6 Å². The summed E-state index contributed by atoms with van der Waals surface area (Å²) < 4.78 is 0. The summed E-state index contributed by atoms with van der Waals surface area (Å²) in [5, 5.41) is 5.72. The zero-order valence-corrected chi connectivity index (χ0v) is 18.7. The van der Waals surface area contributed by atoms with Gasteiger partial charge in [0.1, 0.15) is 10.7 Å². The normalized spacial score (nSPS) is 13.5. The van der Waals surface area contributed by atoms with Crippen molar-refractivity contribution in [3.05, 3.63) is 112 Å². The molecule has 0 atom stereocenters. The van der Waals surface area contributed by atoms with Gasteiger partial charge in [0.2, 0.25) is 0 Å². The number of rotatable bonds is 7. The molecular formula is C26H22ClN3O3. The highest BCUT2D eigenvalue weighted by Gasteiger charge is 2.37. The van der Waals surface area contributed by atoms with Gasteiger partial charge < -0.3 is 10.6 Å². The lowest BCUT2D eigenvalue weighted by Gasteiger charge is -2.15. The molecule has 7 heteroatoms. The first kappa shape index (κ1) is 22.3. The highest BCUT2D eigenvalue weighted by Crippen LogP contribution is 2.24. The average Bonchev–Trinajstić information content (AvgIpc) is 3.01. The Labute approximate surface area is 196 Å². The fourth-order valence-corrected chi connectivity index (χ4v) is 3.75. The number of carbonyl (C=O) groups is 3. The van der Waals surface area contributed by atoms with Crippen LogP contribution in [0.3, 0.4) is 0 Å². The van der Waals surface area contributed by atoms with Crippen molar-refractivity contribution < 1.29 is 14.4 Å². The van der Waals surface area contributed by atoms with Gasteiger partial charge in [-0.1, -0.05) is 66.2 Å². The first-order valence-corrected chi connectivity index (χ1v) is 10.8. The van der Waals surface area contributed by atoms with E-state index in [0.29, 0.717) is 5.56 Å². The topological polar surface area (TPSA) is 78.5 Å². The fraction of sp³-hybridized carbons (Fsp3) is 0.115. The van der Waals surface area contributed by atoms with Crippen LogP contribution in [0.1, 0.15) is 27.0 Å². The van der Waals surface area contributed by atoms with E-state index in [1.165, 1.54) is 0 Å². The maximum absolute atomic E-state index is 12.7. The van der Waals surface area contributed by atoms with Crippen molar-refractivity contribution in [1.82, 2.24) is 10.2 Å². The third-order valence-corrected chi connectivity index (χ3v) is 5.61. The van der Waals surface area contributed by atoms with Gasteiger partial charge in [0.15, 0.2) is 0 Å². The number of nitrogens with zero attached hydrogens (tertiary/aromatic N) is 1. The molecule has 33 heavy (non-hydrogen) atoms. The monoisotopic (exact) mass is 459 g/mol. The second kappa shape index (κ2) is 9.71. The third kappa shape index (κ3) is 5.13. The number of hydrogen-bond acceptors (Lipinski definition) is 4. The molecule has 0 spiro atoms. The Hall–Kier alpha value is -3.90. The van der Waals surface area contributed by atoms with E-state index in [1.807, 2.05) is 61.5 Å². The van der Waals surface area contributed by atoms with E-state index < -0.39 is 11.8 Å². The maximum atomic E-state index is 12.7. The van der Waals surface area contributed by atoms with E-state index in [1.54, 1.807) is 24.3 Å². The number of aryl methyl sites for hydroxylation is 1. The summed E-state index contributed by atoms with van der Waals surface area (Å²) in [7, 11) is 0. The van der Waals surface area contributed by atoms with E-state index in [2.05, 4.69) is 10.6 Å². The number of anilines is 1. The SMILES string of the molecule is Cc1cccc(NC(=O)c2ccc(CNC3=C(Cl)C(=O)N(Cc4ccccc4)C3=O)cc2)c1. The quantitative estimate of drug-likeness (QED) is 0.515. The van der Waals surface area contributed by atoms with E-state index in [4.69, 9.17) is 11.6 Å². The molecule has 4 rings (SSSR count). The molecule has 2 N–H and O–H groups in total. The smallest absolute Gasteiger partial charge is 0.278 e. The van der Waals surface area contributed by atoms with Crippen molar-refractivity contribution in [3.63, 3.8) is 0 Å². The van der Waals surface area contributed by atoms with Gasteiger partial charge in [-0.25, -0.2) is 0 Å². The van der Waals surface area contributed by atoms with Crippen LogP contribution < -0.4 is 10.6 Å².